The van der Waals surface area contributed by atoms with Crippen LogP contribution < -0.4 is 0 Å². The Morgan fingerprint density at radius 2 is 2.50 bits per heavy atom. The van der Waals surface area contributed by atoms with Crippen LogP contribution in [0.25, 0.3) is 5.65 Å². The molecule has 84 valence electrons. The molecule has 2 aromatic rings. The molecule has 0 amide bonds. The van der Waals surface area contributed by atoms with Gasteiger partial charge >= 0.3 is 0 Å². The zero-order valence-electron chi connectivity index (χ0n) is 8.77. The number of aromatic nitrogens is 3. The summed E-state index contributed by atoms with van der Waals surface area (Å²) in [5, 5.41) is 5.12. The van der Waals surface area contributed by atoms with Crippen molar-refractivity contribution in [3.63, 3.8) is 0 Å². The minimum absolute atomic E-state index is 0.669. The Hall–Kier alpha value is -0.740. The zero-order chi connectivity index (χ0) is 11.0. The van der Waals surface area contributed by atoms with Gasteiger partial charge in [0.2, 0.25) is 0 Å². The lowest BCUT2D eigenvalue weighted by Crippen LogP contribution is -2.04. The summed E-state index contributed by atoms with van der Waals surface area (Å²) in [6.45, 7) is 0. The van der Waals surface area contributed by atoms with E-state index in [1.165, 1.54) is 17.9 Å². The molecule has 1 aliphatic heterocycles. The molecule has 0 bridgehead atoms. The summed E-state index contributed by atoms with van der Waals surface area (Å²) in [7, 11) is 0. The summed E-state index contributed by atoms with van der Waals surface area (Å²) < 4.78 is 1.76. The molecule has 3 rings (SSSR count). The number of hydrogen-bond acceptors (Lipinski definition) is 3. The van der Waals surface area contributed by atoms with Crippen molar-refractivity contribution in [1.82, 2.24) is 14.6 Å². The van der Waals surface area contributed by atoms with Crippen molar-refractivity contribution >= 4 is 29.0 Å². The quantitative estimate of drug-likeness (QED) is 0.824. The van der Waals surface area contributed by atoms with E-state index < -0.39 is 0 Å². The van der Waals surface area contributed by atoms with Crippen LogP contribution in [0, 0.1) is 5.92 Å². The van der Waals surface area contributed by atoms with Crippen molar-refractivity contribution in [2.45, 2.75) is 12.8 Å². The highest BCUT2D eigenvalue weighted by molar-refractivity contribution is 7.99. The molecule has 0 aliphatic carbocycles. The van der Waals surface area contributed by atoms with Crippen LogP contribution in [0.3, 0.4) is 0 Å². The van der Waals surface area contributed by atoms with Gasteiger partial charge in [-0.05, 0) is 36.0 Å². The minimum atomic E-state index is 0.669. The molecule has 1 atom stereocenters. The van der Waals surface area contributed by atoms with Crippen LogP contribution in [0.5, 0.6) is 0 Å². The summed E-state index contributed by atoms with van der Waals surface area (Å²) in [6, 6.07) is 3.74. The first-order valence-corrected chi connectivity index (χ1v) is 6.94. The molecule has 1 fully saturated rings. The normalized spacial score (nSPS) is 20.7. The van der Waals surface area contributed by atoms with Gasteiger partial charge < -0.3 is 0 Å². The summed E-state index contributed by atoms with van der Waals surface area (Å²) in [6.07, 6.45) is 4.15. The third kappa shape index (κ3) is 1.92. The Bertz CT molecular complexity index is 505. The van der Waals surface area contributed by atoms with Crippen molar-refractivity contribution in [2.24, 2.45) is 5.92 Å². The third-order valence-corrected chi connectivity index (χ3v) is 4.38. The second-order valence-electron chi connectivity index (χ2n) is 4.09. The Morgan fingerprint density at radius 1 is 1.56 bits per heavy atom. The van der Waals surface area contributed by atoms with Gasteiger partial charge in [0.05, 0.1) is 5.02 Å². The first kappa shape index (κ1) is 10.4. The van der Waals surface area contributed by atoms with E-state index in [0.717, 1.165) is 23.8 Å². The van der Waals surface area contributed by atoms with Gasteiger partial charge in [0.1, 0.15) is 0 Å². The van der Waals surface area contributed by atoms with Gasteiger partial charge in [-0.2, -0.15) is 16.9 Å². The predicted octanol–water partition coefficient (Wildman–Crippen LogP) is 2.68. The molecule has 0 aromatic carbocycles. The monoisotopic (exact) mass is 253 g/mol. The van der Waals surface area contributed by atoms with Crippen molar-refractivity contribution in [1.29, 1.82) is 0 Å². The van der Waals surface area contributed by atoms with E-state index in [1.807, 2.05) is 30.1 Å². The van der Waals surface area contributed by atoms with Crippen LogP contribution in [-0.2, 0) is 6.42 Å². The lowest BCUT2D eigenvalue weighted by atomic mass is 10.1. The standard InChI is InChI=1S/C11H12ClN3S/c12-9-2-1-4-15-11(9)13-10(14-15)6-8-3-5-16-7-8/h1-2,4,8H,3,5-7H2. The second-order valence-corrected chi connectivity index (χ2v) is 5.64. The predicted molar refractivity (Wildman–Crippen MR) is 67.1 cm³/mol. The van der Waals surface area contributed by atoms with Crippen molar-refractivity contribution in [2.75, 3.05) is 11.5 Å². The number of fused-ring (bicyclic) bond motifs is 1. The lowest BCUT2D eigenvalue weighted by molar-refractivity contribution is 0.575. The highest BCUT2D eigenvalue weighted by atomic mass is 35.5. The summed E-state index contributed by atoms with van der Waals surface area (Å²) in [4.78, 5) is 4.49. The average molecular weight is 254 g/mol. The zero-order valence-corrected chi connectivity index (χ0v) is 10.3. The highest BCUT2D eigenvalue weighted by Gasteiger charge is 2.18. The molecule has 0 N–H and O–H groups in total. The Balaban J connectivity index is 1.90. The topological polar surface area (TPSA) is 30.2 Å². The SMILES string of the molecule is Clc1cccn2nc(CC3CCSC3)nc12. The van der Waals surface area contributed by atoms with Crippen molar-refractivity contribution < 1.29 is 0 Å². The largest absolute Gasteiger partial charge is 0.219 e. The fourth-order valence-corrected chi connectivity index (χ4v) is 3.49. The van der Waals surface area contributed by atoms with E-state index in [2.05, 4.69) is 10.1 Å². The van der Waals surface area contributed by atoms with Gasteiger partial charge in [-0.3, -0.25) is 0 Å². The first-order chi connectivity index (χ1) is 7.83. The van der Waals surface area contributed by atoms with E-state index in [4.69, 9.17) is 11.6 Å². The first-order valence-electron chi connectivity index (χ1n) is 5.40. The summed E-state index contributed by atoms with van der Waals surface area (Å²) >= 11 is 8.08. The van der Waals surface area contributed by atoms with Crippen molar-refractivity contribution in [3.8, 4) is 0 Å². The van der Waals surface area contributed by atoms with Crippen LogP contribution >= 0.6 is 23.4 Å². The average Bonchev–Trinajstić information content (AvgIpc) is 2.88. The molecule has 5 heteroatoms. The fourth-order valence-electron chi connectivity index (χ4n) is 2.01. The summed E-state index contributed by atoms with van der Waals surface area (Å²) in [5.74, 6) is 4.17. The molecular weight excluding hydrogens is 242 g/mol. The van der Waals surface area contributed by atoms with Gasteiger partial charge in [0, 0.05) is 12.6 Å². The van der Waals surface area contributed by atoms with Crippen LogP contribution in [0.4, 0.5) is 0 Å². The van der Waals surface area contributed by atoms with E-state index in [0.29, 0.717) is 5.02 Å². The molecule has 16 heavy (non-hydrogen) atoms. The smallest absolute Gasteiger partial charge is 0.174 e. The maximum absolute atomic E-state index is 6.06. The Kier molecular flexibility index (Phi) is 2.77. The maximum Gasteiger partial charge on any atom is 0.174 e. The van der Waals surface area contributed by atoms with E-state index in [9.17, 15) is 0 Å². The maximum atomic E-state index is 6.06. The van der Waals surface area contributed by atoms with E-state index >= 15 is 0 Å². The number of hydrogen-bond donors (Lipinski definition) is 0. The molecule has 0 radical (unpaired) electrons. The van der Waals surface area contributed by atoms with Gasteiger partial charge in [-0.15, -0.1) is 0 Å². The third-order valence-electron chi connectivity index (χ3n) is 2.85. The van der Waals surface area contributed by atoms with Gasteiger partial charge in [-0.1, -0.05) is 11.6 Å². The molecule has 1 unspecified atom stereocenters. The van der Waals surface area contributed by atoms with Gasteiger partial charge in [-0.25, -0.2) is 9.50 Å². The number of nitrogens with zero attached hydrogens (tertiary/aromatic N) is 3. The number of pyridine rings is 1. The van der Waals surface area contributed by atoms with Crippen molar-refractivity contribution in [3.05, 3.63) is 29.2 Å². The second kappa shape index (κ2) is 4.26. The van der Waals surface area contributed by atoms with Gasteiger partial charge in [0.15, 0.2) is 11.5 Å². The highest BCUT2D eigenvalue weighted by Crippen LogP contribution is 2.26. The Labute approximate surface area is 103 Å². The Morgan fingerprint density at radius 3 is 3.25 bits per heavy atom. The minimum Gasteiger partial charge on any atom is -0.219 e. The van der Waals surface area contributed by atoms with Gasteiger partial charge in [0.25, 0.3) is 0 Å². The van der Waals surface area contributed by atoms with Crippen LogP contribution in [0.15, 0.2) is 18.3 Å². The number of rotatable bonds is 2. The molecule has 1 saturated heterocycles. The molecule has 3 nitrogen and oxygen atoms in total. The number of thioether (sulfide) groups is 1. The molecule has 0 spiro atoms. The molecule has 3 heterocycles. The van der Waals surface area contributed by atoms with E-state index in [-0.39, 0.29) is 0 Å². The number of halogens is 1. The molecule has 2 aromatic heterocycles. The van der Waals surface area contributed by atoms with E-state index in [1.54, 1.807) is 4.52 Å². The van der Waals surface area contributed by atoms with Crippen LogP contribution in [0.1, 0.15) is 12.2 Å². The van der Waals surface area contributed by atoms with Crippen LogP contribution in [0.2, 0.25) is 5.02 Å². The molecular formula is C11H12ClN3S. The molecule has 0 saturated carbocycles. The fraction of sp³-hybridized carbons (Fsp3) is 0.455. The van der Waals surface area contributed by atoms with Crippen LogP contribution in [-0.4, -0.2) is 26.1 Å². The summed E-state index contributed by atoms with van der Waals surface area (Å²) in [5.41, 5.74) is 0.768. The lowest BCUT2D eigenvalue weighted by Gasteiger charge is -2.02. The molecule has 1 aliphatic rings.